The minimum absolute atomic E-state index is 0.0263. The first kappa shape index (κ1) is 25.1. The van der Waals surface area contributed by atoms with Crippen molar-refractivity contribution in [2.24, 2.45) is 5.92 Å². The van der Waals surface area contributed by atoms with Crippen molar-refractivity contribution in [3.8, 4) is 17.1 Å². The zero-order valence-corrected chi connectivity index (χ0v) is 20.2. The minimum atomic E-state index is -3.49. The molecule has 0 spiro atoms. The van der Waals surface area contributed by atoms with Crippen molar-refractivity contribution >= 4 is 33.1 Å². The summed E-state index contributed by atoms with van der Waals surface area (Å²) in [4.78, 5) is 8.34. The van der Waals surface area contributed by atoms with E-state index in [1.165, 1.54) is 19.0 Å². The van der Waals surface area contributed by atoms with E-state index in [0.29, 0.717) is 29.4 Å². The molecule has 4 N–H and O–H groups in total. The third kappa shape index (κ3) is 6.77. The topological polar surface area (TPSA) is 119 Å². The molecule has 0 radical (unpaired) electrons. The van der Waals surface area contributed by atoms with Crippen LogP contribution in [0.25, 0.3) is 11.3 Å². The molecule has 2 aromatic carbocycles. The number of nitrogens with one attached hydrogen (secondary N) is 2. The average Bonchev–Trinajstić information content (AvgIpc) is 3.65. The van der Waals surface area contributed by atoms with E-state index in [1.54, 1.807) is 24.3 Å². The number of aromatic nitrogens is 2. The summed E-state index contributed by atoms with van der Waals surface area (Å²) in [5.41, 5.74) is 7.06. The predicted molar refractivity (Wildman–Crippen MR) is 131 cm³/mol. The molecule has 12 heteroatoms. The van der Waals surface area contributed by atoms with Gasteiger partial charge in [0.15, 0.2) is 5.82 Å². The van der Waals surface area contributed by atoms with Crippen molar-refractivity contribution in [2.45, 2.75) is 19.4 Å². The highest BCUT2D eigenvalue weighted by atomic mass is 35.5. The Morgan fingerprint density at radius 1 is 1.11 bits per heavy atom. The van der Waals surface area contributed by atoms with Gasteiger partial charge in [0, 0.05) is 23.4 Å². The molecule has 1 aliphatic rings. The van der Waals surface area contributed by atoms with Crippen LogP contribution in [0.15, 0.2) is 42.6 Å². The zero-order chi connectivity index (χ0) is 25.0. The Bertz CT molecular complexity index is 1310. The molecule has 0 amide bonds. The number of benzene rings is 2. The zero-order valence-electron chi connectivity index (χ0n) is 18.6. The molecule has 0 saturated heterocycles. The van der Waals surface area contributed by atoms with Crippen LogP contribution in [0.4, 0.5) is 20.3 Å². The van der Waals surface area contributed by atoms with Gasteiger partial charge in [-0.05, 0) is 49.6 Å². The Hall–Kier alpha value is -3.02. The van der Waals surface area contributed by atoms with Gasteiger partial charge in [0.25, 0.3) is 5.88 Å². The number of rotatable bonds is 11. The summed E-state index contributed by atoms with van der Waals surface area (Å²) in [6.45, 7) is 0.836. The van der Waals surface area contributed by atoms with E-state index in [-0.39, 0.29) is 28.0 Å². The van der Waals surface area contributed by atoms with E-state index in [2.05, 4.69) is 20.0 Å². The summed E-state index contributed by atoms with van der Waals surface area (Å²) in [5.74, 6) is -0.963. The lowest BCUT2D eigenvalue weighted by Gasteiger charge is -2.12. The van der Waals surface area contributed by atoms with Crippen LogP contribution >= 0.6 is 11.6 Å². The Morgan fingerprint density at radius 2 is 1.83 bits per heavy atom. The van der Waals surface area contributed by atoms with Crippen LogP contribution in [0, 0.1) is 17.6 Å². The number of anilines is 2. The standard InChI is InChI=1S/C23H24ClF2N5O3S/c24-21-17(18(25)7-8-19(21)26)13-34-23-22(27)29-12-20(30-23)15-3-5-16(6-4-15)31-35(32,33)10-9-28-11-14-1-2-14/h3-8,12,14,28,31H,1-2,9-11,13H2,(H2,27,29). The van der Waals surface area contributed by atoms with E-state index in [9.17, 15) is 17.2 Å². The quantitative estimate of drug-likeness (QED) is 0.257. The van der Waals surface area contributed by atoms with Crippen molar-refractivity contribution in [2.75, 3.05) is 29.3 Å². The molecule has 35 heavy (non-hydrogen) atoms. The minimum Gasteiger partial charge on any atom is -0.470 e. The van der Waals surface area contributed by atoms with Gasteiger partial charge in [0.2, 0.25) is 10.0 Å². The number of sulfonamides is 1. The molecular formula is C23H24ClF2N5O3S. The van der Waals surface area contributed by atoms with Crippen molar-refractivity contribution in [3.05, 3.63) is 64.8 Å². The Labute approximate surface area is 206 Å². The van der Waals surface area contributed by atoms with Gasteiger partial charge in [0.1, 0.15) is 18.2 Å². The van der Waals surface area contributed by atoms with E-state index in [1.807, 2.05) is 0 Å². The maximum Gasteiger partial charge on any atom is 0.258 e. The lowest BCUT2D eigenvalue weighted by molar-refractivity contribution is 0.288. The van der Waals surface area contributed by atoms with E-state index < -0.39 is 28.3 Å². The van der Waals surface area contributed by atoms with Gasteiger partial charge in [-0.3, -0.25) is 4.72 Å². The molecule has 3 aromatic rings. The van der Waals surface area contributed by atoms with Gasteiger partial charge in [0.05, 0.1) is 22.7 Å². The molecule has 1 aromatic heterocycles. The third-order valence-electron chi connectivity index (χ3n) is 5.39. The number of hydrogen-bond acceptors (Lipinski definition) is 7. The van der Waals surface area contributed by atoms with Crippen LogP contribution in [-0.4, -0.2) is 37.2 Å². The molecule has 8 nitrogen and oxygen atoms in total. The summed E-state index contributed by atoms with van der Waals surface area (Å²) < 4.78 is 60.2. The highest BCUT2D eigenvalue weighted by molar-refractivity contribution is 7.92. The number of nitrogen functional groups attached to an aromatic ring is 1. The second-order valence-corrected chi connectivity index (χ2v) is 10.4. The van der Waals surface area contributed by atoms with Crippen molar-refractivity contribution < 1.29 is 21.9 Å². The Kier molecular flexibility index (Phi) is 7.68. The van der Waals surface area contributed by atoms with E-state index in [4.69, 9.17) is 22.1 Å². The summed E-state index contributed by atoms with van der Waals surface area (Å²) in [7, 11) is -3.49. The largest absolute Gasteiger partial charge is 0.470 e. The van der Waals surface area contributed by atoms with E-state index in [0.717, 1.165) is 18.7 Å². The third-order valence-corrected chi connectivity index (χ3v) is 7.09. The molecule has 0 bridgehead atoms. The lowest BCUT2D eigenvalue weighted by atomic mass is 10.1. The number of nitrogens with two attached hydrogens (primary N) is 1. The first-order valence-electron chi connectivity index (χ1n) is 10.9. The molecule has 186 valence electrons. The van der Waals surface area contributed by atoms with Crippen LogP contribution in [0.2, 0.25) is 5.02 Å². The van der Waals surface area contributed by atoms with Crippen LogP contribution in [-0.2, 0) is 16.6 Å². The first-order chi connectivity index (χ1) is 16.7. The molecule has 1 saturated carbocycles. The van der Waals surface area contributed by atoms with E-state index >= 15 is 0 Å². The van der Waals surface area contributed by atoms with Crippen LogP contribution in [0.3, 0.4) is 0 Å². The Morgan fingerprint density at radius 3 is 2.54 bits per heavy atom. The fraction of sp³-hybridized carbons (Fsp3) is 0.304. The number of hydrogen-bond donors (Lipinski definition) is 3. The smallest absolute Gasteiger partial charge is 0.258 e. The molecule has 1 heterocycles. The second-order valence-electron chi connectivity index (χ2n) is 8.20. The Balaban J connectivity index is 1.40. The molecule has 1 fully saturated rings. The normalized spacial score (nSPS) is 13.6. The van der Waals surface area contributed by atoms with Crippen molar-refractivity contribution in [1.29, 1.82) is 0 Å². The molecule has 4 rings (SSSR count). The summed E-state index contributed by atoms with van der Waals surface area (Å²) in [6.07, 6.45) is 3.83. The summed E-state index contributed by atoms with van der Waals surface area (Å²) >= 11 is 5.83. The van der Waals surface area contributed by atoms with Crippen LogP contribution in [0.1, 0.15) is 18.4 Å². The maximum atomic E-state index is 14.0. The van der Waals surface area contributed by atoms with Gasteiger partial charge in [-0.15, -0.1) is 0 Å². The highest BCUT2D eigenvalue weighted by Gasteiger charge is 2.20. The van der Waals surface area contributed by atoms with Gasteiger partial charge in [-0.1, -0.05) is 23.7 Å². The second kappa shape index (κ2) is 10.7. The molecule has 1 aliphatic carbocycles. The van der Waals surface area contributed by atoms with Crippen molar-refractivity contribution in [1.82, 2.24) is 15.3 Å². The number of nitrogens with zero attached hydrogens (tertiary/aromatic N) is 2. The molecular weight excluding hydrogens is 500 g/mol. The van der Waals surface area contributed by atoms with Crippen LogP contribution < -0.4 is 20.5 Å². The fourth-order valence-corrected chi connectivity index (χ4v) is 4.46. The van der Waals surface area contributed by atoms with Gasteiger partial charge < -0.3 is 15.8 Å². The first-order valence-corrected chi connectivity index (χ1v) is 12.9. The number of halogens is 3. The van der Waals surface area contributed by atoms with Crippen LogP contribution in [0.5, 0.6) is 5.88 Å². The monoisotopic (exact) mass is 523 g/mol. The molecule has 0 aliphatic heterocycles. The summed E-state index contributed by atoms with van der Waals surface area (Å²) in [6, 6.07) is 8.40. The maximum absolute atomic E-state index is 14.0. The lowest BCUT2D eigenvalue weighted by Crippen LogP contribution is -2.28. The average molecular weight is 524 g/mol. The van der Waals surface area contributed by atoms with Gasteiger partial charge >= 0.3 is 0 Å². The molecule has 0 atom stereocenters. The fourth-order valence-electron chi connectivity index (χ4n) is 3.24. The number of ether oxygens (including phenoxy) is 1. The molecule has 0 unspecified atom stereocenters. The SMILES string of the molecule is Nc1ncc(-c2ccc(NS(=O)(=O)CCNCC3CC3)cc2)nc1OCc1c(F)ccc(F)c1Cl. The van der Waals surface area contributed by atoms with Gasteiger partial charge in [-0.25, -0.2) is 27.2 Å². The highest BCUT2D eigenvalue weighted by Crippen LogP contribution is 2.28. The summed E-state index contributed by atoms with van der Waals surface area (Å²) in [5, 5.41) is 2.77. The predicted octanol–water partition coefficient (Wildman–Crippen LogP) is 3.98. The van der Waals surface area contributed by atoms with Gasteiger partial charge in [-0.2, -0.15) is 0 Å². The van der Waals surface area contributed by atoms with Crippen molar-refractivity contribution in [3.63, 3.8) is 0 Å².